The van der Waals surface area contributed by atoms with E-state index in [1.165, 1.54) is 0 Å². The van der Waals surface area contributed by atoms with E-state index >= 15 is 0 Å². The molecule has 23 heavy (non-hydrogen) atoms. The number of aromatic hydroxyl groups is 1. The van der Waals surface area contributed by atoms with Crippen molar-refractivity contribution in [1.29, 1.82) is 0 Å². The van der Waals surface area contributed by atoms with Crippen LogP contribution in [0.25, 0.3) is 0 Å². The third-order valence-corrected chi connectivity index (χ3v) is 12.5. The Morgan fingerprint density at radius 3 is 1.74 bits per heavy atom. The van der Waals surface area contributed by atoms with Crippen LogP contribution in [0.1, 0.15) is 6.42 Å². The largest absolute Gasteiger partial charge is 0.508 e. The van der Waals surface area contributed by atoms with E-state index in [0.717, 1.165) is 18.2 Å². The van der Waals surface area contributed by atoms with Crippen LogP contribution in [0.2, 0.25) is 51.9 Å². The Labute approximate surface area is 144 Å². The number of phenolic OH excluding ortho intramolecular Hbond substituents is 1. The Morgan fingerprint density at radius 2 is 1.30 bits per heavy atom. The summed E-state index contributed by atoms with van der Waals surface area (Å²) in [5, 5.41) is 9.28. The van der Waals surface area contributed by atoms with Gasteiger partial charge in [-0.2, -0.15) is 0 Å². The first-order chi connectivity index (χ1) is 10.4. The first-order valence-electron chi connectivity index (χ1n) is 8.21. The van der Waals surface area contributed by atoms with Crippen LogP contribution in [0.15, 0.2) is 24.3 Å². The predicted molar refractivity (Wildman–Crippen MR) is 104 cm³/mol. The van der Waals surface area contributed by atoms with Crippen molar-refractivity contribution < 1.29 is 18.1 Å². The van der Waals surface area contributed by atoms with Crippen LogP contribution in [0.3, 0.4) is 0 Å². The molecule has 0 atom stereocenters. The van der Waals surface area contributed by atoms with Crippen LogP contribution in [0.4, 0.5) is 0 Å². The summed E-state index contributed by atoms with van der Waals surface area (Å²) in [6, 6.07) is 7.78. The second-order valence-electron chi connectivity index (χ2n) is 8.01. The Kier molecular flexibility index (Phi) is 7.09. The van der Waals surface area contributed by atoms with Gasteiger partial charge in [-0.05, 0) is 82.6 Å². The van der Waals surface area contributed by atoms with Gasteiger partial charge in [-0.15, -0.1) is 0 Å². The highest BCUT2D eigenvalue weighted by Gasteiger charge is 2.39. The highest BCUT2D eigenvalue weighted by atomic mass is 28.5. The van der Waals surface area contributed by atoms with E-state index in [9.17, 15) is 5.11 Å². The van der Waals surface area contributed by atoms with Gasteiger partial charge < -0.3 is 18.1 Å². The van der Waals surface area contributed by atoms with Gasteiger partial charge in [0, 0.05) is 0 Å². The summed E-state index contributed by atoms with van der Waals surface area (Å²) < 4.78 is 18.7. The van der Waals surface area contributed by atoms with Crippen LogP contribution in [0.5, 0.6) is 11.5 Å². The summed E-state index contributed by atoms with van der Waals surface area (Å²) >= 11 is 0. The maximum atomic E-state index is 9.28. The number of rotatable bonds is 9. The van der Waals surface area contributed by atoms with Gasteiger partial charge >= 0.3 is 8.56 Å². The number of benzene rings is 1. The van der Waals surface area contributed by atoms with Crippen LogP contribution < -0.4 is 4.74 Å². The lowest BCUT2D eigenvalue weighted by atomic mass is 10.3. The number of phenols is 1. The van der Waals surface area contributed by atoms with E-state index < -0.39 is 25.2 Å². The molecule has 0 aliphatic heterocycles. The summed E-state index contributed by atoms with van der Waals surface area (Å²) in [5.74, 6) is 1.04. The van der Waals surface area contributed by atoms with Gasteiger partial charge in [0.1, 0.15) is 11.5 Å². The smallest absolute Gasteiger partial charge is 0.314 e. The molecule has 0 aliphatic rings. The average molecular weight is 373 g/mol. The SMILES string of the molecule is C[Si](C)(C)O[Si](C)(CCCOc1ccc(O)cc1)O[Si](C)(C)C. The van der Waals surface area contributed by atoms with Crippen molar-refractivity contribution in [2.45, 2.75) is 58.3 Å². The molecule has 0 saturated carbocycles. The molecule has 0 saturated heterocycles. The highest BCUT2D eigenvalue weighted by molar-refractivity contribution is 6.87. The van der Waals surface area contributed by atoms with Crippen molar-refractivity contribution >= 4 is 25.2 Å². The lowest BCUT2D eigenvalue weighted by Crippen LogP contribution is -2.52. The van der Waals surface area contributed by atoms with E-state index in [4.69, 9.17) is 13.0 Å². The van der Waals surface area contributed by atoms with Crippen LogP contribution in [-0.2, 0) is 8.23 Å². The van der Waals surface area contributed by atoms with E-state index in [1.807, 2.05) is 0 Å². The molecule has 0 bridgehead atoms. The van der Waals surface area contributed by atoms with Crippen molar-refractivity contribution in [3.63, 3.8) is 0 Å². The minimum atomic E-state index is -2.16. The Balaban J connectivity index is 2.55. The summed E-state index contributed by atoms with van der Waals surface area (Å²) in [4.78, 5) is 0. The summed E-state index contributed by atoms with van der Waals surface area (Å²) in [6.07, 6.45) is 0.915. The van der Waals surface area contributed by atoms with Crippen molar-refractivity contribution in [2.24, 2.45) is 0 Å². The van der Waals surface area contributed by atoms with E-state index in [2.05, 4.69) is 45.8 Å². The molecule has 7 heteroatoms. The fourth-order valence-electron chi connectivity index (χ4n) is 2.54. The normalized spacial score (nSPS) is 13.2. The standard InChI is InChI=1S/C16H32O4Si3/c1-21(2,3)19-23(7,20-22(4,5)6)14-8-13-18-16-11-9-15(17)10-12-16/h9-12,17H,8,13-14H2,1-7H3. The van der Waals surface area contributed by atoms with Crippen LogP contribution >= 0.6 is 0 Å². The second kappa shape index (κ2) is 7.98. The van der Waals surface area contributed by atoms with Crippen molar-refractivity contribution in [2.75, 3.05) is 6.61 Å². The minimum Gasteiger partial charge on any atom is -0.508 e. The Bertz CT molecular complexity index is 462. The van der Waals surface area contributed by atoms with Crippen molar-refractivity contribution in [3.05, 3.63) is 24.3 Å². The van der Waals surface area contributed by atoms with Crippen LogP contribution in [0, 0.1) is 0 Å². The minimum absolute atomic E-state index is 0.254. The number of hydrogen-bond acceptors (Lipinski definition) is 4. The number of ether oxygens (including phenoxy) is 1. The molecule has 0 unspecified atom stereocenters. The molecule has 1 aromatic carbocycles. The first kappa shape index (κ1) is 20.4. The maximum Gasteiger partial charge on any atom is 0.314 e. The molecule has 132 valence electrons. The molecule has 0 heterocycles. The molecular weight excluding hydrogens is 340 g/mol. The van der Waals surface area contributed by atoms with Gasteiger partial charge in [-0.1, -0.05) is 0 Å². The Hall–Kier alpha value is -0.609. The summed E-state index contributed by atoms with van der Waals surface area (Å²) in [6.45, 7) is 16.2. The molecular formula is C16H32O4Si3. The van der Waals surface area contributed by atoms with Gasteiger partial charge in [0.05, 0.1) is 6.61 Å². The molecule has 1 aromatic rings. The van der Waals surface area contributed by atoms with Gasteiger partial charge in [0.2, 0.25) is 0 Å². The molecule has 0 spiro atoms. The molecule has 4 nitrogen and oxygen atoms in total. The van der Waals surface area contributed by atoms with Crippen molar-refractivity contribution in [3.8, 4) is 11.5 Å². The maximum absolute atomic E-state index is 9.28. The quantitative estimate of drug-likeness (QED) is 0.493. The van der Waals surface area contributed by atoms with E-state index in [-0.39, 0.29) is 5.75 Å². The molecule has 0 aromatic heterocycles. The number of hydrogen-bond donors (Lipinski definition) is 1. The topological polar surface area (TPSA) is 47.9 Å². The lowest BCUT2D eigenvalue weighted by Gasteiger charge is -2.38. The molecule has 0 fully saturated rings. The summed E-state index contributed by atoms with van der Waals surface area (Å²) in [5.41, 5.74) is 0. The van der Waals surface area contributed by atoms with Gasteiger partial charge in [-0.25, -0.2) is 0 Å². The molecule has 1 N–H and O–H groups in total. The fourth-order valence-corrected chi connectivity index (χ4v) is 15.1. The molecule has 0 aliphatic carbocycles. The van der Waals surface area contributed by atoms with E-state index in [1.54, 1.807) is 24.3 Å². The van der Waals surface area contributed by atoms with Crippen LogP contribution in [-0.4, -0.2) is 36.9 Å². The Morgan fingerprint density at radius 1 is 0.826 bits per heavy atom. The predicted octanol–water partition coefficient (Wildman–Crippen LogP) is 4.94. The first-order valence-corrected chi connectivity index (χ1v) is 17.5. The van der Waals surface area contributed by atoms with Crippen molar-refractivity contribution in [1.82, 2.24) is 0 Å². The molecule has 1 rings (SSSR count). The monoisotopic (exact) mass is 372 g/mol. The fraction of sp³-hybridized carbons (Fsp3) is 0.625. The third-order valence-electron chi connectivity index (χ3n) is 2.92. The average Bonchev–Trinajstić information content (AvgIpc) is 2.32. The molecule has 0 amide bonds. The zero-order valence-electron chi connectivity index (χ0n) is 15.6. The van der Waals surface area contributed by atoms with Gasteiger partial charge in [-0.3, -0.25) is 0 Å². The zero-order chi connectivity index (χ0) is 17.7. The lowest BCUT2D eigenvalue weighted by molar-refractivity contribution is 0.306. The van der Waals surface area contributed by atoms with Gasteiger partial charge in [0.15, 0.2) is 16.6 Å². The zero-order valence-corrected chi connectivity index (χ0v) is 18.6. The van der Waals surface area contributed by atoms with E-state index in [0.29, 0.717) is 6.61 Å². The van der Waals surface area contributed by atoms with Gasteiger partial charge in [0.25, 0.3) is 0 Å². The highest BCUT2D eigenvalue weighted by Crippen LogP contribution is 2.25. The molecule has 0 radical (unpaired) electrons. The second-order valence-corrected chi connectivity index (χ2v) is 20.9. The third kappa shape index (κ3) is 9.31. The summed E-state index contributed by atoms with van der Waals surface area (Å²) in [7, 11) is -5.43.